The molecular formula is C18H10F6N2OS. The molecule has 2 aromatic carbocycles. The summed E-state index contributed by atoms with van der Waals surface area (Å²) in [7, 11) is -2.42. The van der Waals surface area contributed by atoms with Crippen molar-refractivity contribution < 1.29 is 30.6 Å². The molecule has 0 saturated carbocycles. The Bertz CT molecular complexity index is 894. The van der Waals surface area contributed by atoms with Crippen LogP contribution in [0.5, 0.6) is 0 Å². The van der Waals surface area contributed by atoms with E-state index >= 15 is 0 Å². The Kier molecular flexibility index (Phi) is 6.15. The lowest BCUT2D eigenvalue weighted by atomic mass is 10.1. The number of benzene rings is 2. The molecular weight excluding hydrogens is 406 g/mol. The Hall–Kier alpha value is -2.85. The van der Waals surface area contributed by atoms with Crippen molar-refractivity contribution in [2.75, 3.05) is 0 Å². The van der Waals surface area contributed by atoms with Gasteiger partial charge >= 0.3 is 12.4 Å². The fourth-order valence-corrected chi connectivity index (χ4v) is 3.72. The quantitative estimate of drug-likeness (QED) is 0.635. The van der Waals surface area contributed by atoms with Crippen LogP contribution in [0.4, 0.5) is 26.3 Å². The van der Waals surface area contributed by atoms with Crippen LogP contribution in [-0.2, 0) is 23.2 Å². The van der Waals surface area contributed by atoms with Crippen LogP contribution < -0.4 is 0 Å². The largest absolute Gasteiger partial charge is 0.416 e. The third kappa shape index (κ3) is 4.70. The highest BCUT2D eigenvalue weighted by Gasteiger charge is 2.35. The second-order valence-electron chi connectivity index (χ2n) is 5.59. The predicted octanol–water partition coefficient (Wildman–Crippen LogP) is 5.30. The molecule has 0 aromatic heterocycles. The first kappa shape index (κ1) is 21.5. The van der Waals surface area contributed by atoms with E-state index in [0.717, 1.165) is 36.4 Å². The molecule has 0 bridgehead atoms. The van der Waals surface area contributed by atoms with Crippen LogP contribution in [-0.4, -0.2) is 4.21 Å². The number of hydrogen-bond donors (Lipinski definition) is 0. The van der Waals surface area contributed by atoms with Gasteiger partial charge in [-0.3, -0.25) is 4.21 Å². The zero-order valence-electron chi connectivity index (χ0n) is 13.8. The van der Waals surface area contributed by atoms with Crippen LogP contribution in [0.25, 0.3) is 0 Å². The lowest BCUT2D eigenvalue weighted by Crippen LogP contribution is -2.15. The van der Waals surface area contributed by atoms with Crippen molar-refractivity contribution in [3.8, 4) is 12.1 Å². The minimum Gasteiger partial charge on any atom is -0.256 e. The van der Waals surface area contributed by atoms with Crippen LogP contribution in [0.1, 0.15) is 32.8 Å². The van der Waals surface area contributed by atoms with Crippen LogP contribution in [0, 0.1) is 22.7 Å². The van der Waals surface area contributed by atoms with E-state index < -0.39 is 44.8 Å². The molecule has 0 heterocycles. The second kappa shape index (κ2) is 8.03. The maximum Gasteiger partial charge on any atom is 0.416 e. The zero-order valence-corrected chi connectivity index (χ0v) is 14.6. The van der Waals surface area contributed by atoms with E-state index in [0.29, 0.717) is 12.1 Å². The van der Waals surface area contributed by atoms with Crippen molar-refractivity contribution in [1.29, 1.82) is 10.5 Å². The average Bonchev–Trinajstić information content (AvgIpc) is 2.62. The summed E-state index contributed by atoms with van der Waals surface area (Å²) in [6, 6.07) is 10.3. The molecule has 0 spiro atoms. The minimum absolute atomic E-state index is 0.247. The maximum absolute atomic E-state index is 12.9. The number of alkyl halides is 6. The van der Waals surface area contributed by atoms with Crippen LogP contribution >= 0.6 is 0 Å². The van der Waals surface area contributed by atoms with Crippen molar-refractivity contribution in [1.82, 2.24) is 0 Å². The molecule has 2 aromatic rings. The molecule has 0 amide bonds. The van der Waals surface area contributed by atoms with Gasteiger partial charge in [0.25, 0.3) is 0 Å². The molecule has 0 N–H and O–H groups in total. The molecule has 2 unspecified atom stereocenters. The third-order valence-corrected chi connectivity index (χ3v) is 5.42. The van der Waals surface area contributed by atoms with Gasteiger partial charge in [0.2, 0.25) is 0 Å². The number of nitriles is 2. The summed E-state index contributed by atoms with van der Waals surface area (Å²) in [5.74, 6) is 0. The van der Waals surface area contributed by atoms with Gasteiger partial charge in [-0.2, -0.15) is 36.9 Å². The van der Waals surface area contributed by atoms with Crippen molar-refractivity contribution in [2.24, 2.45) is 0 Å². The van der Waals surface area contributed by atoms with Crippen LogP contribution in [0.15, 0.2) is 48.5 Å². The topological polar surface area (TPSA) is 64.7 Å². The molecule has 3 nitrogen and oxygen atoms in total. The van der Waals surface area contributed by atoms with Gasteiger partial charge in [-0.25, -0.2) is 0 Å². The molecule has 0 radical (unpaired) electrons. The minimum atomic E-state index is -4.70. The van der Waals surface area contributed by atoms with E-state index in [4.69, 9.17) is 0 Å². The molecule has 2 rings (SSSR count). The molecule has 0 saturated heterocycles. The Morgan fingerprint density at radius 1 is 0.750 bits per heavy atom. The molecule has 0 aliphatic heterocycles. The summed E-state index contributed by atoms with van der Waals surface area (Å²) in [5.41, 5.74) is -2.64. The first-order valence-electron chi connectivity index (χ1n) is 7.52. The standard InChI is InChI=1S/C18H10F6N2OS/c19-17(20,21)13-5-1-3-11(7-13)15(9-25)28(27)16(10-26)12-4-2-6-14(8-12)18(22,23)24/h1-8,15-16H. The Labute approximate surface area is 158 Å². The van der Waals surface area contributed by atoms with Crippen molar-refractivity contribution in [2.45, 2.75) is 22.9 Å². The highest BCUT2D eigenvalue weighted by Crippen LogP contribution is 2.36. The highest BCUT2D eigenvalue weighted by atomic mass is 32.2. The van der Waals surface area contributed by atoms with E-state index in [2.05, 4.69) is 0 Å². The molecule has 2 atom stereocenters. The van der Waals surface area contributed by atoms with Gasteiger partial charge < -0.3 is 0 Å². The summed E-state index contributed by atoms with van der Waals surface area (Å²) < 4.78 is 89.9. The van der Waals surface area contributed by atoms with Crippen LogP contribution in [0.3, 0.4) is 0 Å². The summed E-state index contributed by atoms with van der Waals surface area (Å²) in [4.78, 5) is 0. The number of hydrogen-bond acceptors (Lipinski definition) is 3. The SMILES string of the molecule is N#CC(c1cccc(C(F)(F)F)c1)S(=O)C(C#N)c1cccc(C(F)(F)F)c1. The monoisotopic (exact) mass is 416 g/mol. The molecule has 0 fully saturated rings. The Morgan fingerprint density at radius 3 is 1.39 bits per heavy atom. The van der Waals surface area contributed by atoms with Crippen LogP contribution in [0.2, 0.25) is 0 Å². The molecule has 28 heavy (non-hydrogen) atoms. The first-order valence-corrected chi connectivity index (χ1v) is 8.79. The highest BCUT2D eigenvalue weighted by molar-refractivity contribution is 7.86. The number of halogens is 6. The van der Waals surface area contributed by atoms with Gasteiger partial charge in [0.05, 0.1) is 34.1 Å². The summed E-state index contributed by atoms with van der Waals surface area (Å²) in [6.45, 7) is 0. The average molecular weight is 416 g/mol. The van der Waals surface area contributed by atoms with E-state index in [-0.39, 0.29) is 11.1 Å². The maximum atomic E-state index is 12.9. The lowest BCUT2D eigenvalue weighted by molar-refractivity contribution is -0.138. The van der Waals surface area contributed by atoms with Gasteiger partial charge in [0, 0.05) is 0 Å². The van der Waals surface area contributed by atoms with Gasteiger partial charge in [0.1, 0.15) is 10.5 Å². The molecule has 0 aliphatic rings. The Morgan fingerprint density at radius 2 is 1.11 bits per heavy atom. The van der Waals surface area contributed by atoms with Gasteiger partial charge in [0.15, 0.2) is 0 Å². The lowest BCUT2D eigenvalue weighted by Gasteiger charge is -2.17. The van der Waals surface area contributed by atoms with Crippen molar-refractivity contribution in [3.05, 3.63) is 70.8 Å². The zero-order chi connectivity index (χ0) is 21.1. The summed E-state index contributed by atoms with van der Waals surface area (Å²) >= 11 is 0. The number of nitrogens with zero attached hydrogens (tertiary/aromatic N) is 2. The van der Waals surface area contributed by atoms with E-state index in [1.54, 1.807) is 12.1 Å². The smallest absolute Gasteiger partial charge is 0.256 e. The molecule has 0 aliphatic carbocycles. The van der Waals surface area contributed by atoms with Crippen molar-refractivity contribution in [3.63, 3.8) is 0 Å². The van der Waals surface area contributed by atoms with E-state index in [1.165, 1.54) is 0 Å². The van der Waals surface area contributed by atoms with Crippen molar-refractivity contribution >= 4 is 10.8 Å². The fourth-order valence-electron chi connectivity index (χ4n) is 2.41. The first-order chi connectivity index (χ1) is 13.0. The van der Waals surface area contributed by atoms with Gasteiger partial charge in [-0.05, 0) is 35.4 Å². The fraction of sp³-hybridized carbons (Fsp3) is 0.222. The second-order valence-corrected chi connectivity index (χ2v) is 7.19. The van der Waals surface area contributed by atoms with Gasteiger partial charge in [-0.1, -0.05) is 24.3 Å². The van der Waals surface area contributed by atoms with E-state index in [1.807, 2.05) is 0 Å². The number of rotatable bonds is 4. The predicted molar refractivity (Wildman–Crippen MR) is 87.7 cm³/mol. The summed E-state index contributed by atoms with van der Waals surface area (Å²) in [5, 5.41) is 15.3. The van der Waals surface area contributed by atoms with E-state index in [9.17, 15) is 41.1 Å². The normalized spacial score (nSPS) is 15.1. The molecule has 10 heteroatoms. The third-order valence-electron chi connectivity index (χ3n) is 3.73. The summed E-state index contributed by atoms with van der Waals surface area (Å²) in [6.07, 6.45) is -9.40. The van der Waals surface area contributed by atoms with Gasteiger partial charge in [-0.15, -0.1) is 0 Å². The Balaban J connectivity index is 2.44. The molecule has 146 valence electrons.